The lowest BCUT2D eigenvalue weighted by molar-refractivity contribution is -0.384. The van der Waals surface area contributed by atoms with Crippen LogP contribution >= 0.6 is 0 Å². The molecule has 7 heteroatoms. The Kier molecular flexibility index (Phi) is 4.47. The molecule has 1 rings (SSSR count). The van der Waals surface area contributed by atoms with Gasteiger partial charge >= 0.3 is 5.69 Å². The van der Waals surface area contributed by atoms with Gasteiger partial charge in [0, 0.05) is 7.05 Å². The molecule has 0 aromatic heterocycles. The first kappa shape index (κ1) is 13.8. The Morgan fingerprint density at radius 1 is 1.50 bits per heavy atom. The van der Waals surface area contributed by atoms with E-state index in [0.717, 1.165) is 0 Å². The third kappa shape index (κ3) is 2.88. The van der Waals surface area contributed by atoms with Gasteiger partial charge in [0.05, 0.1) is 12.0 Å². The summed E-state index contributed by atoms with van der Waals surface area (Å²) in [4.78, 5) is 21.8. The van der Waals surface area contributed by atoms with Crippen LogP contribution in [0.5, 0.6) is 5.75 Å². The maximum Gasteiger partial charge on any atom is 0.333 e. The number of anilines is 1. The van der Waals surface area contributed by atoms with Crippen molar-refractivity contribution in [3.63, 3.8) is 0 Å². The maximum atomic E-state index is 11.4. The van der Waals surface area contributed by atoms with Gasteiger partial charge < -0.3 is 15.4 Å². The van der Waals surface area contributed by atoms with Crippen molar-refractivity contribution in [1.29, 1.82) is 0 Å². The Morgan fingerprint density at radius 3 is 2.67 bits per heavy atom. The molecule has 0 radical (unpaired) electrons. The Morgan fingerprint density at radius 2 is 2.17 bits per heavy atom. The Labute approximate surface area is 104 Å². The van der Waals surface area contributed by atoms with Crippen molar-refractivity contribution in [2.45, 2.75) is 13.0 Å². The summed E-state index contributed by atoms with van der Waals surface area (Å²) >= 11 is 0. The van der Waals surface area contributed by atoms with Crippen LogP contribution in [-0.2, 0) is 4.79 Å². The molecule has 98 valence electrons. The molecule has 1 unspecified atom stereocenters. The third-order valence-corrected chi connectivity index (χ3v) is 2.41. The first-order chi connectivity index (χ1) is 8.51. The lowest BCUT2D eigenvalue weighted by atomic mass is 10.2. The number of nitro benzene ring substituents is 1. The number of rotatable bonds is 5. The number of hydrogen-bond donors (Lipinski definition) is 2. The topological polar surface area (TPSA) is 93.5 Å². The zero-order valence-electron chi connectivity index (χ0n) is 10.4. The monoisotopic (exact) mass is 253 g/mol. The Bertz CT molecular complexity index is 462. The molecule has 0 heterocycles. The summed E-state index contributed by atoms with van der Waals surface area (Å²) in [7, 11) is 2.86. The molecular formula is C11H15N3O4. The minimum Gasteiger partial charge on any atom is -0.490 e. The molecule has 1 amide bonds. The second-order valence-electron chi connectivity index (χ2n) is 3.59. The molecule has 2 N–H and O–H groups in total. The molecule has 1 aromatic rings. The normalized spacial score (nSPS) is 11.5. The SMILES string of the molecule is CNC(=O)C(C)Nc1cccc(OC)c1[N+](=O)[O-]. The number of hydrogen-bond acceptors (Lipinski definition) is 5. The summed E-state index contributed by atoms with van der Waals surface area (Å²) in [6.07, 6.45) is 0. The molecule has 0 spiro atoms. The van der Waals surface area contributed by atoms with Crippen molar-refractivity contribution >= 4 is 17.3 Å². The van der Waals surface area contributed by atoms with Crippen molar-refractivity contribution in [2.24, 2.45) is 0 Å². The van der Waals surface area contributed by atoms with Gasteiger partial charge in [0.1, 0.15) is 11.7 Å². The van der Waals surface area contributed by atoms with Crippen LogP contribution in [0, 0.1) is 10.1 Å². The minimum atomic E-state index is -0.583. The number of carbonyl (C=O) groups excluding carboxylic acids is 1. The van der Waals surface area contributed by atoms with E-state index in [4.69, 9.17) is 4.74 Å². The summed E-state index contributed by atoms with van der Waals surface area (Å²) in [6, 6.07) is 4.06. The molecule has 0 fully saturated rings. The number of nitrogens with one attached hydrogen (secondary N) is 2. The van der Waals surface area contributed by atoms with E-state index in [1.54, 1.807) is 13.0 Å². The van der Waals surface area contributed by atoms with Crippen LogP contribution in [0.25, 0.3) is 0 Å². The third-order valence-electron chi connectivity index (χ3n) is 2.41. The Hall–Kier alpha value is -2.31. The van der Waals surface area contributed by atoms with Crippen LogP contribution < -0.4 is 15.4 Å². The summed E-state index contributed by atoms with van der Waals surface area (Å²) < 4.78 is 4.93. The zero-order chi connectivity index (χ0) is 13.7. The first-order valence-electron chi connectivity index (χ1n) is 5.30. The van der Waals surface area contributed by atoms with E-state index in [1.165, 1.54) is 26.3 Å². The molecule has 0 aliphatic rings. The second kappa shape index (κ2) is 5.85. The van der Waals surface area contributed by atoms with Gasteiger partial charge in [-0.15, -0.1) is 0 Å². The van der Waals surface area contributed by atoms with Gasteiger partial charge in [0.2, 0.25) is 5.91 Å². The highest BCUT2D eigenvalue weighted by atomic mass is 16.6. The largest absolute Gasteiger partial charge is 0.490 e. The fourth-order valence-corrected chi connectivity index (χ4v) is 1.51. The van der Waals surface area contributed by atoms with E-state index in [-0.39, 0.29) is 23.0 Å². The van der Waals surface area contributed by atoms with Gasteiger partial charge in [0.15, 0.2) is 5.75 Å². The summed E-state index contributed by atoms with van der Waals surface area (Å²) in [5, 5.41) is 16.3. The summed E-state index contributed by atoms with van der Waals surface area (Å²) in [5.41, 5.74) is 0.0613. The van der Waals surface area contributed by atoms with Crippen molar-refractivity contribution in [3.8, 4) is 5.75 Å². The molecule has 7 nitrogen and oxygen atoms in total. The van der Waals surface area contributed by atoms with Gasteiger partial charge in [0.25, 0.3) is 0 Å². The number of likely N-dealkylation sites (N-methyl/N-ethyl adjacent to an activating group) is 1. The number of methoxy groups -OCH3 is 1. The zero-order valence-corrected chi connectivity index (χ0v) is 10.4. The second-order valence-corrected chi connectivity index (χ2v) is 3.59. The van der Waals surface area contributed by atoms with Crippen LogP contribution in [0.4, 0.5) is 11.4 Å². The number of carbonyl (C=O) groups is 1. The predicted molar refractivity (Wildman–Crippen MR) is 66.8 cm³/mol. The van der Waals surface area contributed by atoms with Crippen molar-refractivity contribution < 1.29 is 14.5 Å². The molecule has 0 saturated heterocycles. The van der Waals surface area contributed by atoms with E-state index < -0.39 is 11.0 Å². The van der Waals surface area contributed by atoms with Crippen LogP contribution in [0.1, 0.15) is 6.92 Å². The standard InChI is InChI=1S/C11H15N3O4/c1-7(11(15)12-2)13-8-5-4-6-9(18-3)10(8)14(16)17/h4-7,13H,1-3H3,(H,12,15). The fraction of sp³-hybridized carbons (Fsp3) is 0.364. The molecule has 1 atom stereocenters. The van der Waals surface area contributed by atoms with Crippen LogP contribution in [0.2, 0.25) is 0 Å². The number of benzene rings is 1. The molecule has 0 aliphatic heterocycles. The number of amides is 1. The number of para-hydroxylation sites is 1. The number of nitro groups is 1. The lowest BCUT2D eigenvalue weighted by Gasteiger charge is -2.14. The van der Waals surface area contributed by atoms with E-state index in [0.29, 0.717) is 0 Å². The van der Waals surface area contributed by atoms with E-state index in [1.807, 2.05) is 0 Å². The van der Waals surface area contributed by atoms with E-state index in [9.17, 15) is 14.9 Å². The molecule has 0 aliphatic carbocycles. The van der Waals surface area contributed by atoms with Gasteiger partial charge in [-0.25, -0.2) is 0 Å². The molecule has 18 heavy (non-hydrogen) atoms. The van der Waals surface area contributed by atoms with Crippen LogP contribution in [0.3, 0.4) is 0 Å². The first-order valence-corrected chi connectivity index (χ1v) is 5.30. The Balaban J connectivity index is 3.09. The molecule has 0 saturated carbocycles. The highest BCUT2D eigenvalue weighted by Crippen LogP contribution is 2.34. The highest BCUT2D eigenvalue weighted by Gasteiger charge is 2.22. The van der Waals surface area contributed by atoms with Gasteiger partial charge in [-0.2, -0.15) is 0 Å². The average Bonchev–Trinajstić information content (AvgIpc) is 2.36. The molecular weight excluding hydrogens is 238 g/mol. The lowest BCUT2D eigenvalue weighted by Crippen LogP contribution is -2.35. The predicted octanol–water partition coefficient (Wildman–Crippen LogP) is 1.15. The average molecular weight is 253 g/mol. The van der Waals surface area contributed by atoms with Crippen molar-refractivity contribution in [2.75, 3.05) is 19.5 Å². The van der Waals surface area contributed by atoms with Gasteiger partial charge in [-0.3, -0.25) is 14.9 Å². The summed E-state index contributed by atoms with van der Waals surface area (Å²) in [5.74, 6) is -0.110. The molecule has 1 aromatic carbocycles. The van der Waals surface area contributed by atoms with Crippen LogP contribution in [0.15, 0.2) is 18.2 Å². The van der Waals surface area contributed by atoms with Crippen molar-refractivity contribution in [1.82, 2.24) is 5.32 Å². The smallest absolute Gasteiger partial charge is 0.333 e. The fourth-order valence-electron chi connectivity index (χ4n) is 1.51. The van der Waals surface area contributed by atoms with E-state index >= 15 is 0 Å². The van der Waals surface area contributed by atoms with E-state index in [2.05, 4.69) is 10.6 Å². The quantitative estimate of drug-likeness (QED) is 0.606. The maximum absolute atomic E-state index is 11.4. The minimum absolute atomic E-state index is 0.147. The van der Waals surface area contributed by atoms with Gasteiger partial charge in [-0.05, 0) is 19.1 Å². The van der Waals surface area contributed by atoms with Gasteiger partial charge in [-0.1, -0.05) is 6.07 Å². The number of ether oxygens (including phenoxy) is 1. The van der Waals surface area contributed by atoms with Crippen molar-refractivity contribution in [3.05, 3.63) is 28.3 Å². The molecule has 0 bridgehead atoms. The summed E-state index contributed by atoms with van der Waals surface area (Å²) in [6.45, 7) is 1.61. The number of nitrogens with zero attached hydrogens (tertiary/aromatic N) is 1. The van der Waals surface area contributed by atoms with Crippen LogP contribution in [-0.4, -0.2) is 31.0 Å². The highest BCUT2D eigenvalue weighted by molar-refractivity contribution is 5.85.